The van der Waals surface area contributed by atoms with Gasteiger partial charge in [0.15, 0.2) is 10.6 Å². The Morgan fingerprint density at radius 3 is 2.78 bits per heavy atom. The average Bonchev–Trinajstić information content (AvgIpc) is 2.64. The molecule has 0 fully saturated rings. The number of esters is 1. The predicted octanol–water partition coefficient (Wildman–Crippen LogP) is 1.54. The molecule has 0 aliphatic heterocycles. The van der Waals surface area contributed by atoms with Gasteiger partial charge >= 0.3 is 5.97 Å². The van der Waals surface area contributed by atoms with Crippen molar-refractivity contribution in [3.63, 3.8) is 0 Å². The Hall–Kier alpha value is -1.86. The van der Waals surface area contributed by atoms with Crippen LogP contribution < -0.4 is 5.73 Å². The molecule has 0 bridgehead atoms. The van der Waals surface area contributed by atoms with Crippen molar-refractivity contribution in [3.8, 4) is 5.75 Å². The fourth-order valence-electron chi connectivity index (χ4n) is 1.39. The molecule has 0 atom stereocenters. The maximum absolute atomic E-state index is 11.4. The van der Waals surface area contributed by atoms with Crippen LogP contribution in [0.1, 0.15) is 20.2 Å². The summed E-state index contributed by atoms with van der Waals surface area (Å²) in [6.45, 7) is 0. The molecule has 0 aliphatic rings. The highest BCUT2D eigenvalue weighted by atomic mass is 35.5. The third kappa shape index (κ3) is 1.87. The molecule has 1 amide bonds. The fourth-order valence-corrected chi connectivity index (χ4v) is 2.60. The summed E-state index contributed by atoms with van der Waals surface area (Å²) in [5.41, 5.74) is 4.99. The molecule has 2 aromatic rings. The molecule has 3 N–H and O–H groups in total. The third-order valence-corrected chi connectivity index (χ3v) is 3.57. The number of nitrogens with zero attached hydrogens (tertiary/aromatic N) is 1. The van der Waals surface area contributed by atoms with Crippen molar-refractivity contribution in [1.29, 1.82) is 0 Å². The van der Waals surface area contributed by atoms with Gasteiger partial charge in [0.1, 0.15) is 10.5 Å². The van der Waals surface area contributed by atoms with Gasteiger partial charge in [-0.25, -0.2) is 9.78 Å². The van der Waals surface area contributed by atoms with Gasteiger partial charge in [0.2, 0.25) is 0 Å². The monoisotopic (exact) mass is 286 g/mol. The maximum Gasteiger partial charge on any atom is 0.351 e. The average molecular weight is 287 g/mol. The highest BCUT2D eigenvalue weighted by molar-refractivity contribution is 7.20. The number of carbonyl (C=O) groups excluding carboxylic acids is 2. The van der Waals surface area contributed by atoms with Crippen molar-refractivity contribution in [2.45, 2.75) is 0 Å². The Balaban J connectivity index is 2.73. The highest BCUT2D eigenvalue weighted by Crippen LogP contribution is 2.38. The number of pyridine rings is 1. The number of nitrogens with two attached hydrogens (primary N) is 1. The lowest BCUT2D eigenvalue weighted by Crippen LogP contribution is -2.13. The minimum Gasteiger partial charge on any atom is -0.505 e. The minimum absolute atomic E-state index is 0.00214. The zero-order chi connectivity index (χ0) is 13.4. The van der Waals surface area contributed by atoms with Gasteiger partial charge in [-0.15, -0.1) is 11.3 Å². The topological polar surface area (TPSA) is 103 Å². The molecular weight excluding hydrogens is 280 g/mol. The second kappa shape index (κ2) is 4.43. The van der Waals surface area contributed by atoms with E-state index in [-0.39, 0.29) is 31.6 Å². The molecular formula is C10H7ClN2O4S. The summed E-state index contributed by atoms with van der Waals surface area (Å²) < 4.78 is 4.51. The summed E-state index contributed by atoms with van der Waals surface area (Å²) >= 11 is 6.70. The number of thiophene rings is 1. The van der Waals surface area contributed by atoms with E-state index in [1.165, 1.54) is 13.2 Å². The van der Waals surface area contributed by atoms with Crippen LogP contribution in [-0.2, 0) is 4.74 Å². The van der Waals surface area contributed by atoms with Crippen LogP contribution in [0.2, 0.25) is 5.02 Å². The summed E-state index contributed by atoms with van der Waals surface area (Å²) in [6.07, 6.45) is 0. The number of amides is 1. The standard InChI is InChI=1S/C10H7ClN2O4S/c1-17-10(16)7-6(14)3-2-4(11)5(8(12)15)13-9(3)18-7/h2,14H,1H3,(H2,12,15). The number of ether oxygens (including phenoxy) is 1. The van der Waals surface area contributed by atoms with Crippen molar-refractivity contribution < 1.29 is 19.4 Å². The van der Waals surface area contributed by atoms with Crippen LogP contribution in [0.25, 0.3) is 10.2 Å². The molecule has 94 valence electrons. The molecule has 0 radical (unpaired) electrons. The Kier molecular flexibility index (Phi) is 3.10. The SMILES string of the molecule is COC(=O)c1sc2nc(C(N)=O)c(Cl)cc2c1O. The van der Waals surface area contributed by atoms with Crippen molar-refractivity contribution in [3.05, 3.63) is 21.7 Å². The minimum atomic E-state index is -0.783. The predicted molar refractivity (Wildman–Crippen MR) is 66.2 cm³/mol. The zero-order valence-corrected chi connectivity index (χ0v) is 10.6. The van der Waals surface area contributed by atoms with Gasteiger partial charge in [0, 0.05) is 0 Å². The van der Waals surface area contributed by atoms with Crippen LogP contribution in [0.15, 0.2) is 6.07 Å². The quantitative estimate of drug-likeness (QED) is 0.815. The molecule has 8 heteroatoms. The van der Waals surface area contributed by atoms with E-state index >= 15 is 0 Å². The van der Waals surface area contributed by atoms with Gasteiger partial charge in [-0.05, 0) is 6.07 Å². The largest absolute Gasteiger partial charge is 0.505 e. The summed E-state index contributed by atoms with van der Waals surface area (Å²) in [6, 6.07) is 1.34. The number of halogens is 1. The summed E-state index contributed by atoms with van der Waals surface area (Å²) in [7, 11) is 1.20. The molecule has 0 aliphatic carbocycles. The molecule has 0 spiro atoms. The van der Waals surface area contributed by atoms with Crippen LogP contribution in [0.5, 0.6) is 5.75 Å². The van der Waals surface area contributed by atoms with Gasteiger partial charge in [-0.2, -0.15) is 0 Å². The maximum atomic E-state index is 11.4. The molecule has 2 rings (SSSR count). The van der Waals surface area contributed by atoms with Gasteiger partial charge in [-0.1, -0.05) is 11.6 Å². The molecule has 6 nitrogen and oxygen atoms in total. The second-order valence-corrected chi connectivity index (χ2v) is 4.71. The van der Waals surface area contributed by atoms with E-state index in [0.29, 0.717) is 0 Å². The summed E-state index contributed by atoms with van der Waals surface area (Å²) in [5, 5.41) is 10.1. The molecule has 18 heavy (non-hydrogen) atoms. The van der Waals surface area contributed by atoms with Crippen molar-refractivity contribution >= 4 is 45.0 Å². The summed E-state index contributed by atoms with van der Waals surface area (Å²) in [5.74, 6) is -1.74. The van der Waals surface area contributed by atoms with Crippen molar-refractivity contribution in [1.82, 2.24) is 4.98 Å². The number of aromatic nitrogens is 1. The first-order chi connectivity index (χ1) is 8.45. The van der Waals surface area contributed by atoms with Crippen LogP contribution in [-0.4, -0.2) is 29.1 Å². The number of carbonyl (C=O) groups is 2. The Morgan fingerprint density at radius 1 is 1.56 bits per heavy atom. The lowest BCUT2D eigenvalue weighted by atomic mass is 10.2. The molecule has 0 unspecified atom stereocenters. The normalized spacial score (nSPS) is 10.6. The van der Waals surface area contributed by atoms with Crippen LogP contribution in [0.3, 0.4) is 0 Å². The fraction of sp³-hybridized carbons (Fsp3) is 0.100. The Bertz CT molecular complexity index is 667. The van der Waals surface area contributed by atoms with Gasteiger partial charge < -0.3 is 15.6 Å². The van der Waals surface area contributed by atoms with Crippen LogP contribution in [0, 0.1) is 0 Å². The lowest BCUT2D eigenvalue weighted by Gasteiger charge is -1.98. The van der Waals surface area contributed by atoms with Crippen molar-refractivity contribution in [2.24, 2.45) is 5.73 Å². The van der Waals surface area contributed by atoms with Crippen LogP contribution in [0.4, 0.5) is 0 Å². The first-order valence-corrected chi connectivity index (χ1v) is 5.85. The van der Waals surface area contributed by atoms with Gasteiger partial charge in [-0.3, -0.25) is 4.79 Å². The Labute approximate surface area is 110 Å². The number of hydrogen-bond acceptors (Lipinski definition) is 6. The molecule has 0 saturated heterocycles. The first kappa shape index (κ1) is 12.6. The van der Waals surface area contributed by atoms with E-state index in [1.807, 2.05) is 0 Å². The number of primary amides is 1. The second-order valence-electron chi connectivity index (χ2n) is 3.31. The van der Waals surface area contributed by atoms with Gasteiger partial charge in [0.25, 0.3) is 5.91 Å². The molecule has 2 heterocycles. The molecule has 2 aromatic heterocycles. The first-order valence-electron chi connectivity index (χ1n) is 4.65. The number of methoxy groups -OCH3 is 1. The summed E-state index contributed by atoms with van der Waals surface area (Å²) in [4.78, 5) is 26.7. The van der Waals surface area contributed by atoms with E-state index < -0.39 is 11.9 Å². The molecule has 0 aromatic carbocycles. The highest BCUT2D eigenvalue weighted by Gasteiger charge is 2.21. The third-order valence-electron chi connectivity index (χ3n) is 2.21. The Morgan fingerprint density at radius 2 is 2.22 bits per heavy atom. The van der Waals surface area contributed by atoms with E-state index in [4.69, 9.17) is 17.3 Å². The molecule has 0 saturated carbocycles. The van der Waals surface area contributed by atoms with Crippen LogP contribution >= 0.6 is 22.9 Å². The zero-order valence-electron chi connectivity index (χ0n) is 9.06. The van der Waals surface area contributed by atoms with Gasteiger partial charge in [0.05, 0.1) is 17.5 Å². The smallest absolute Gasteiger partial charge is 0.351 e. The van der Waals surface area contributed by atoms with E-state index in [1.54, 1.807) is 0 Å². The lowest BCUT2D eigenvalue weighted by molar-refractivity contribution is 0.0603. The van der Waals surface area contributed by atoms with E-state index in [0.717, 1.165) is 11.3 Å². The number of fused-ring (bicyclic) bond motifs is 1. The van der Waals surface area contributed by atoms with Crippen molar-refractivity contribution in [2.75, 3.05) is 7.11 Å². The number of hydrogen-bond donors (Lipinski definition) is 2. The van der Waals surface area contributed by atoms with E-state index in [9.17, 15) is 14.7 Å². The number of rotatable bonds is 2. The van der Waals surface area contributed by atoms with E-state index in [2.05, 4.69) is 9.72 Å². The number of aromatic hydroxyl groups is 1.